The molecule has 1 aliphatic carbocycles. The van der Waals surface area contributed by atoms with Gasteiger partial charge in [-0.05, 0) is 12.0 Å². The molecule has 1 aliphatic heterocycles. The summed E-state index contributed by atoms with van der Waals surface area (Å²) in [7, 11) is 0. The van der Waals surface area contributed by atoms with Gasteiger partial charge in [0.25, 0.3) is 6.43 Å². The number of nitrogens with zero attached hydrogens (tertiary/aromatic N) is 1. The van der Waals surface area contributed by atoms with Gasteiger partial charge in [0.05, 0.1) is 6.54 Å². The van der Waals surface area contributed by atoms with E-state index in [9.17, 15) is 8.78 Å². The van der Waals surface area contributed by atoms with E-state index in [4.69, 9.17) is 4.84 Å². The zero-order chi connectivity index (χ0) is 16.2. The molecule has 0 bridgehead atoms. The number of alkyl halides is 2. The summed E-state index contributed by atoms with van der Waals surface area (Å²) in [5.41, 5.74) is 0.764. The molecule has 1 unspecified atom stereocenters. The molecule has 0 N–H and O–H groups in total. The highest BCUT2D eigenvalue weighted by molar-refractivity contribution is 8.01. The molecule has 2 nitrogen and oxygen atoms in total. The molecule has 1 saturated carbocycles. The molecule has 2 fully saturated rings. The van der Waals surface area contributed by atoms with E-state index in [-0.39, 0.29) is 10.8 Å². The minimum atomic E-state index is -2.43. The predicted octanol–water partition coefficient (Wildman–Crippen LogP) is 4.91. The highest BCUT2D eigenvalue weighted by Crippen LogP contribution is 2.72. The van der Waals surface area contributed by atoms with Gasteiger partial charge >= 0.3 is 0 Å². The second kappa shape index (κ2) is 5.18. The maximum absolute atomic E-state index is 13.6. The van der Waals surface area contributed by atoms with Crippen LogP contribution in [0.2, 0.25) is 0 Å². The zero-order valence-electron chi connectivity index (χ0n) is 13.5. The monoisotopic (exact) mass is 327 g/mol. The van der Waals surface area contributed by atoms with E-state index in [0.29, 0.717) is 6.54 Å². The van der Waals surface area contributed by atoms with Gasteiger partial charge in [0.2, 0.25) is 0 Å². The average Bonchev–Trinajstić information content (AvgIpc) is 2.82. The van der Waals surface area contributed by atoms with Gasteiger partial charge in [-0.1, -0.05) is 69.8 Å². The van der Waals surface area contributed by atoms with Crippen molar-refractivity contribution in [3.8, 4) is 0 Å². The van der Waals surface area contributed by atoms with Crippen LogP contribution in [0.3, 0.4) is 0 Å². The Morgan fingerprint density at radius 1 is 1.18 bits per heavy atom. The van der Waals surface area contributed by atoms with E-state index >= 15 is 0 Å². The van der Waals surface area contributed by atoms with Gasteiger partial charge in [0.15, 0.2) is 0 Å². The summed E-state index contributed by atoms with van der Waals surface area (Å²) in [4.78, 5) is 5.64. The lowest BCUT2D eigenvalue weighted by atomic mass is 9.53. The lowest BCUT2D eigenvalue weighted by Gasteiger charge is -2.63. The Balaban J connectivity index is 1.87. The second-order valence-electron chi connectivity index (χ2n) is 7.56. The Bertz CT molecular complexity index is 533. The van der Waals surface area contributed by atoms with E-state index in [1.807, 2.05) is 30.3 Å². The number of hydrogen-bond donors (Lipinski definition) is 0. The molecule has 1 saturated heterocycles. The zero-order valence-corrected chi connectivity index (χ0v) is 14.3. The molecular weight excluding hydrogens is 304 g/mol. The fourth-order valence-electron chi connectivity index (χ4n) is 4.24. The summed E-state index contributed by atoms with van der Waals surface area (Å²) >= 11 is 1.30. The van der Waals surface area contributed by atoms with Gasteiger partial charge in [-0.15, -0.1) is 0 Å². The van der Waals surface area contributed by atoms with Crippen LogP contribution < -0.4 is 0 Å². The van der Waals surface area contributed by atoms with Crippen molar-refractivity contribution in [2.24, 2.45) is 10.8 Å². The summed E-state index contributed by atoms with van der Waals surface area (Å²) in [5.74, 6) is 0. The van der Waals surface area contributed by atoms with Crippen molar-refractivity contribution in [1.82, 2.24) is 5.06 Å². The number of hydroxylamine groups is 2. The summed E-state index contributed by atoms with van der Waals surface area (Å²) in [6.45, 7) is 8.83. The Morgan fingerprint density at radius 2 is 1.77 bits per heavy atom. The number of hydrogen-bond acceptors (Lipinski definition) is 3. The fraction of sp³-hybridized carbons (Fsp3) is 0.647. The van der Waals surface area contributed by atoms with E-state index in [0.717, 1.165) is 12.0 Å². The van der Waals surface area contributed by atoms with Gasteiger partial charge in [0.1, 0.15) is 10.3 Å². The summed E-state index contributed by atoms with van der Waals surface area (Å²) in [5, 5.41) is 0.576. The first-order valence-electron chi connectivity index (χ1n) is 7.64. The van der Waals surface area contributed by atoms with Crippen LogP contribution in [0.15, 0.2) is 30.3 Å². The molecule has 3 rings (SSSR count). The van der Waals surface area contributed by atoms with E-state index in [2.05, 4.69) is 27.7 Å². The van der Waals surface area contributed by atoms with Crippen molar-refractivity contribution in [3.05, 3.63) is 35.9 Å². The molecule has 5 heteroatoms. The van der Waals surface area contributed by atoms with Crippen LogP contribution in [0.1, 0.15) is 39.7 Å². The third-order valence-corrected chi connectivity index (χ3v) is 7.07. The van der Waals surface area contributed by atoms with Crippen LogP contribution >= 0.6 is 11.8 Å². The first-order chi connectivity index (χ1) is 10.2. The topological polar surface area (TPSA) is 12.5 Å². The maximum atomic E-state index is 13.6. The van der Waals surface area contributed by atoms with E-state index in [1.165, 1.54) is 16.8 Å². The highest BCUT2D eigenvalue weighted by atomic mass is 32.2. The fourth-order valence-corrected chi connectivity index (χ4v) is 5.84. The molecule has 1 spiro atoms. The Hall–Kier alpha value is -0.650. The third-order valence-electron chi connectivity index (χ3n) is 4.88. The molecule has 0 aromatic heterocycles. The van der Waals surface area contributed by atoms with Crippen LogP contribution in [-0.2, 0) is 11.4 Å². The predicted molar refractivity (Wildman–Crippen MR) is 85.4 cm³/mol. The number of benzene rings is 1. The van der Waals surface area contributed by atoms with Crippen molar-refractivity contribution in [1.29, 1.82) is 0 Å². The van der Waals surface area contributed by atoms with Crippen molar-refractivity contribution in [3.63, 3.8) is 0 Å². The Morgan fingerprint density at radius 3 is 2.27 bits per heavy atom. The average molecular weight is 327 g/mol. The molecule has 122 valence electrons. The lowest BCUT2D eigenvalue weighted by molar-refractivity contribution is -0.317. The molecule has 0 radical (unpaired) electrons. The smallest absolute Gasteiger partial charge is 0.265 e. The quantitative estimate of drug-likeness (QED) is 0.782. The van der Waals surface area contributed by atoms with Crippen LogP contribution in [0.5, 0.6) is 0 Å². The largest absolute Gasteiger partial charge is 0.279 e. The first-order valence-corrected chi connectivity index (χ1v) is 8.52. The van der Waals surface area contributed by atoms with Crippen molar-refractivity contribution < 1.29 is 13.6 Å². The maximum Gasteiger partial charge on any atom is 0.265 e. The first kappa shape index (κ1) is 16.2. The van der Waals surface area contributed by atoms with E-state index < -0.39 is 16.7 Å². The number of halogens is 2. The van der Waals surface area contributed by atoms with Gasteiger partial charge in [-0.25, -0.2) is 8.78 Å². The Labute approximate surface area is 135 Å². The van der Waals surface area contributed by atoms with Crippen LogP contribution in [0.25, 0.3) is 0 Å². The van der Waals surface area contributed by atoms with Gasteiger partial charge in [-0.2, -0.15) is 5.06 Å². The van der Waals surface area contributed by atoms with Crippen LogP contribution in [0.4, 0.5) is 8.78 Å². The molecular formula is C17H23F2NOS. The SMILES string of the molecule is CC1(C)CC(C)(C)C12ON(Cc1ccccc1)C(C(F)F)S2. The number of thioether (sulfide) groups is 1. The van der Waals surface area contributed by atoms with Crippen LogP contribution in [0, 0.1) is 10.8 Å². The molecule has 2 aliphatic rings. The molecule has 1 atom stereocenters. The minimum Gasteiger partial charge on any atom is -0.279 e. The number of rotatable bonds is 3. The second-order valence-corrected chi connectivity index (χ2v) is 8.85. The lowest BCUT2D eigenvalue weighted by Crippen LogP contribution is -2.65. The molecule has 1 heterocycles. The minimum absolute atomic E-state index is 0.111. The van der Waals surface area contributed by atoms with Crippen LogP contribution in [-0.4, -0.2) is 21.8 Å². The normalized spacial score (nSPS) is 29.0. The van der Waals surface area contributed by atoms with Gasteiger partial charge in [-0.3, -0.25) is 4.84 Å². The van der Waals surface area contributed by atoms with Gasteiger partial charge < -0.3 is 0 Å². The van der Waals surface area contributed by atoms with Gasteiger partial charge in [0, 0.05) is 10.8 Å². The summed E-state index contributed by atoms with van der Waals surface area (Å²) in [6, 6.07) is 9.65. The van der Waals surface area contributed by atoms with E-state index in [1.54, 1.807) is 0 Å². The molecule has 0 amide bonds. The van der Waals surface area contributed by atoms with Crippen molar-refractivity contribution >= 4 is 11.8 Å². The Kier molecular flexibility index (Phi) is 3.82. The standard InChI is InChI=1S/C17H23F2NOS/c1-15(2)11-16(3,4)17(15)21-20(14(22-17)13(18)19)10-12-8-6-5-7-9-12/h5-9,13-14H,10-11H2,1-4H3. The molecule has 22 heavy (non-hydrogen) atoms. The highest BCUT2D eigenvalue weighted by Gasteiger charge is 2.72. The van der Waals surface area contributed by atoms with Crippen molar-refractivity contribution in [2.75, 3.05) is 0 Å². The van der Waals surface area contributed by atoms with Crippen molar-refractivity contribution in [2.45, 2.75) is 57.4 Å². The molecule has 1 aromatic carbocycles. The third kappa shape index (κ3) is 2.29. The molecule has 1 aromatic rings. The summed E-state index contributed by atoms with van der Waals surface area (Å²) < 4.78 is 27.1. The summed E-state index contributed by atoms with van der Waals surface area (Å²) in [6.07, 6.45) is -1.46.